The predicted molar refractivity (Wildman–Crippen MR) is 106 cm³/mol. The molecular formula is C20H20N2O4S. The number of methoxy groups -OCH3 is 1. The normalized spacial score (nSPS) is 13.0. The van der Waals surface area contributed by atoms with Crippen molar-refractivity contribution in [3.63, 3.8) is 0 Å². The molecule has 0 radical (unpaired) electrons. The monoisotopic (exact) mass is 384 g/mol. The minimum Gasteiger partial charge on any atom is -0.497 e. The number of carbonyl (C=O) groups excluding carboxylic acids is 2. The average molecular weight is 384 g/mol. The van der Waals surface area contributed by atoms with Crippen molar-refractivity contribution in [3.05, 3.63) is 59.5 Å². The summed E-state index contributed by atoms with van der Waals surface area (Å²) in [6.45, 7) is 1.53. The van der Waals surface area contributed by atoms with Gasteiger partial charge in [0.25, 0.3) is 0 Å². The van der Waals surface area contributed by atoms with E-state index in [1.54, 1.807) is 31.2 Å². The van der Waals surface area contributed by atoms with Crippen LogP contribution < -0.4 is 15.4 Å². The molecule has 0 bridgehead atoms. The highest BCUT2D eigenvalue weighted by Gasteiger charge is 2.27. The second-order valence-electron chi connectivity index (χ2n) is 6.29. The van der Waals surface area contributed by atoms with Crippen LogP contribution in [0, 0.1) is 0 Å². The number of benzene rings is 2. The van der Waals surface area contributed by atoms with Gasteiger partial charge in [0, 0.05) is 21.3 Å². The summed E-state index contributed by atoms with van der Waals surface area (Å²) in [4.78, 5) is 24.9. The number of anilines is 1. The van der Waals surface area contributed by atoms with Crippen molar-refractivity contribution < 1.29 is 19.4 Å². The third-order valence-electron chi connectivity index (χ3n) is 4.08. The fourth-order valence-corrected chi connectivity index (χ4v) is 3.66. The first-order chi connectivity index (χ1) is 12.9. The van der Waals surface area contributed by atoms with E-state index in [0.717, 1.165) is 15.0 Å². The summed E-state index contributed by atoms with van der Waals surface area (Å²) in [6.07, 6.45) is 0. The third-order valence-corrected chi connectivity index (χ3v) is 5.45. The fourth-order valence-electron chi connectivity index (χ4n) is 2.56. The maximum absolute atomic E-state index is 12.1. The molecule has 2 amide bonds. The smallest absolute Gasteiger partial charge is 0.313 e. The summed E-state index contributed by atoms with van der Waals surface area (Å²) in [6, 6.07) is 16.4. The van der Waals surface area contributed by atoms with E-state index in [4.69, 9.17) is 4.74 Å². The van der Waals surface area contributed by atoms with E-state index in [2.05, 4.69) is 10.6 Å². The fraction of sp³-hybridized carbons (Fsp3) is 0.200. The van der Waals surface area contributed by atoms with Crippen molar-refractivity contribution in [2.45, 2.75) is 12.5 Å². The molecule has 1 aromatic heterocycles. The third kappa shape index (κ3) is 4.45. The lowest BCUT2D eigenvalue weighted by Gasteiger charge is -2.22. The Morgan fingerprint density at radius 3 is 2.63 bits per heavy atom. The molecule has 2 aromatic carbocycles. The zero-order valence-corrected chi connectivity index (χ0v) is 15.8. The van der Waals surface area contributed by atoms with Crippen LogP contribution >= 0.6 is 11.3 Å². The number of hydrogen-bond donors (Lipinski definition) is 3. The Kier molecular flexibility index (Phi) is 5.43. The van der Waals surface area contributed by atoms with Crippen molar-refractivity contribution in [2.75, 3.05) is 19.0 Å². The van der Waals surface area contributed by atoms with Crippen molar-refractivity contribution in [1.82, 2.24) is 5.32 Å². The molecule has 140 valence electrons. The van der Waals surface area contributed by atoms with Crippen molar-refractivity contribution >= 4 is 38.9 Å². The highest BCUT2D eigenvalue weighted by atomic mass is 32.1. The average Bonchev–Trinajstić information content (AvgIpc) is 3.11. The standard InChI is InChI=1S/C20H20N2O4S/c1-20(25,17-10-13-6-3-4-9-16(13)27-17)12-21-18(23)19(24)22-14-7-5-8-15(11-14)26-2/h3-11,25H,12H2,1-2H3,(H,21,23)(H,22,24). The van der Waals surface area contributed by atoms with E-state index in [-0.39, 0.29) is 6.54 Å². The molecular weight excluding hydrogens is 364 g/mol. The molecule has 0 saturated carbocycles. The van der Waals surface area contributed by atoms with E-state index >= 15 is 0 Å². The molecule has 7 heteroatoms. The highest BCUT2D eigenvalue weighted by molar-refractivity contribution is 7.19. The second-order valence-corrected chi connectivity index (χ2v) is 7.37. The minimum absolute atomic E-state index is 0.0792. The Hall–Kier alpha value is -2.90. The topological polar surface area (TPSA) is 87.7 Å². The van der Waals surface area contributed by atoms with Crippen LogP contribution in [0.2, 0.25) is 0 Å². The van der Waals surface area contributed by atoms with Crippen molar-refractivity contribution in [2.24, 2.45) is 0 Å². The van der Waals surface area contributed by atoms with Gasteiger partial charge in [0.1, 0.15) is 11.4 Å². The summed E-state index contributed by atoms with van der Waals surface area (Å²) in [5.74, 6) is -1.06. The highest BCUT2D eigenvalue weighted by Crippen LogP contribution is 2.32. The molecule has 3 aromatic rings. The molecule has 1 heterocycles. The van der Waals surface area contributed by atoms with Crippen LogP contribution in [0.4, 0.5) is 5.69 Å². The van der Waals surface area contributed by atoms with Crippen LogP contribution in [0.1, 0.15) is 11.8 Å². The quantitative estimate of drug-likeness (QED) is 0.590. The molecule has 0 fully saturated rings. The summed E-state index contributed by atoms with van der Waals surface area (Å²) in [7, 11) is 1.52. The maximum atomic E-state index is 12.1. The molecule has 0 aliphatic rings. The Morgan fingerprint density at radius 2 is 1.89 bits per heavy atom. The minimum atomic E-state index is -1.28. The van der Waals surface area contributed by atoms with Crippen LogP contribution in [0.25, 0.3) is 10.1 Å². The first-order valence-corrected chi connectivity index (χ1v) is 9.15. The van der Waals surface area contributed by atoms with Crippen LogP contribution in [0.5, 0.6) is 5.75 Å². The van der Waals surface area contributed by atoms with E-state index in [1.807, 2.05) is 30.3 Å². The lowest BCUT2D eigenvalue weighted by molar-refractivity contribution is -0.136. The van der Waals surface area contributed by atoms with Gasteiger partial charge >= 0.3 is 11.8 Å². The van der Waals surface area contributed by atoms with Gasteiger partial charge in [-0.3, -0.25) is 9.59 Å². The molecule has 0 saturated heterocycles. The molecule has 3 N–H and O–H groups in total. The van der Waals surface area contributed by atoms with Crippen LogP contribution in [0.3, 0.4) is 0 Å². The molecule has 0 aliphatic carbocycles. The largest absolute Gasteiger partial charge is 0.497 e. The van der Waals surface area contributed by atoms with Gasteiger partial charge in [-0.05, 0) is 36.6 Å². The van der Waals surface area contributed by atoms with Crippen molar-refractivity contribution in [3.8, 4) is 5.75 Å². The Balaban J connectivity index is 1.62. The van der Waals surface area contributed by atoms with Crippen LogP contribution in [-0.2, 0) is 15.2 Å². The first kappa shape index (κ1) is 18.9. The summed E-state index contributed by atoms with van der Waals surface area (Å²) in [5, 5.41) is 16.7. The number of ether oxygens (including phenoxy) is 1. The Morgan fingerprint density at radius 1 is 1.11 bits per heavy atom. The van der Waals surface area contributed by atoms with E-state index < -0.39 is 17.4 Å². The van der Waals surface area contributed by atoms with Gasteiger partial charge in [0.2, 0.25) is 0 Å². The van der Waals surface area contributed by atoms with Gasteiger partial charge in [-0.15, -0.1) is 11.3 Å². The number of aliphatic hydroxyl groups is 1. The lowest BCUT2D eigenvalue weighted by Crippen LogP contribution is -2.42. The summed E-state index contributed by atoms with van der Waals surface area (Å²) < 4.78 is 6.13. The number of fused-ring (bicyclic) bond motifs is 1. The zero-order chi connectivity index (χ0) is 19.4. The van der Waals surface area contributed by atoms with E-state index in [9.17, 15) is 14.7 Å². The molecule has 27 heavy (non-hydrogen) atoms. The van der Waals surface area contributed by atoms with Crippen LogP contribution in [0.15, 0.2) is 54.6 Å². The predicted octanol–water partition coefficient (Wildman–Crippen LogP) is 2.87. The summed E-state index contributed by atoms with van der Waals surface area (Å²) >= 11 is 1.46. The van der Waals surface area contributed by atoms with Gasteiger partial charge < -0.3 is 20.5 Å². The van der Waals surface area contributed by atoms with Gasteiger partial charge in [0.15, 0.2) is 0 Å². The first-order valence-electron chi connectivity index (χ1n) is 8.34. The van der Waals surface area contributed by atoms with Gasteiger partial charge in [-0.2, -0.15) is 0 Å². The molecule has 1 atom stereocenters. The zero-order valence-electron chi connectivity index (χ0n) is 15.0. The number of hydrogen-bond acceptors (Lipinski definition) is 5. The number of carbonyl (C=O) groups is 2. The number of thiophene rings is 1. The van der Waals surface area contributed by atoms with Gasteiger partial charge in [0.05, 0.1) is 13.7 Å². The lowest BCUT2D eigenvalue weighted by atomic mass is 10.0. The van der Waals surface area contributed by atoms with E-state index in [0.29, 0.717) is 11.4 Å². The molecule has 3 rings (SSSR count). The molecule has 0 aliphatic heterocycles. The molecule has 0 spiro atoms. The number of nitrogens with one attached hydrogen (secondary N) is 2. The Bertz CT molecular complexity index is 948. The number of amides is 2. The van der Waals surface area contributed by atoms with Crippen molar-refractivity contribution in [1.29, 1.82) is 0 Å². The van der Waals surface area contributed by atoms with E-state index in [1.165, 1.54) is 18.4 Å². The Labute approximate surface area is 160 Å². The SMILES string of the molecule is COc1cccc(NC(=O)C(=O)NCC(C)(O)c2cc3ccccc3s2)c1. The number of rotatable bonds is 5. The van der Waals surface area contributed by atoms with Gasteiger partial charge in [-0.25, -0.2) is 0 Å². The van der Waals surface area contributed by atoms with Crippen LogP contribution in [-0.4, -0.2) is 30.6 Å². The summed E-state index contributed by atoms with van der Waals surface area (Å²) in [5.41, 5.74) is -0.832. The van der Waals surface area contributed by atoms with Gasteiger partial charge in [-0.1, -0.05) is 24.3 Å². The molecule has 6 nitrogen and oxygen atoms in total. The maximum Gasteiger partial charge on any atom is 0.313 e. The second kappa shape index (κ2) is 7.77. The molecule has 1 unspecified atom stereocenters.